The summed E-state index contributed by atoms with van der Waals surface area (Å²) in [6, 6.07) is 2.80. The Balaban J connectivity index is 2.05. The van der Waals surface area contributed by atoms with E-state index in [2.05, 4.69) is 13.0 Å². The molecule has 0 fully saturated rings. The summed E-state index contributed by atoms with van der Waals surface area (Å²) in [4.78, 5) is 32.4. The summed E-state index contributed by atoms with van der Waals surface area (Å²) in [5.41, 5.74) is 0.154. The minimum Gasteiger partial charge on any atom is -0.462 e. The molecule has 0 amide bonds. The normalized spacial score (nSPS) is 18.2. The van der Waals surface area contributed by atoms with Gasteiger partial charge in [0.1, 0.15) is 0 Å². The van der Waals surface area contributed by atoms with Gasteiger partial charge in [-0.2, -0.15) is 0 Å². The van der Waals surface area contributed by atoms with Crippen molar-refractivity contribution in [3.8, 4) is 0 Å². The van der Waals surface area contributed by atoms with Gasteiger partial charge >= 0.3 is 5.97 Å². The number of hydrogen-bond donors (Lipinski definition) is 0. The molecule has 2 atom stereocenters. The molecule has 0 spiro atoms. The number of nitro benzene ring substituents is 2. The minimum atomic E-state index is -0.791. The molecule has 2 rings (SSSR count). The molecule has 0 radical (unpaired) electrons. The summed E-state index contributed by atoms with van der Waals surface area (Å²) in [5, 5.41) is 21.8. The van der Waals surface area contributed by atoms with Crippen LogP contribution in [0.15, 0.2) is 29.8 Å². The summed E-state index contributed by atoms with van der Waals surface area (Å²) in [5.74, 6) is -0.237. The predicted molar refractivity (Wildman–Crippen MR) is 90.3 cm³/mol. The summed E-state index contributed by atoms with van der Waals surface area (Å²) < 4.78 is 5.23. The van der Waals surface area contributed by atoms with Gasteiger partial charge in [0.25, 0.3) is 11.4 Å². The molecule has 0 N–H and O–H groups in total. The van der Waals surface area contributed by atoms with Gasteiger partial charge in [-0.1, -0.05) is 18.6 Å². The molecular weight excluding hydrogens is 328 g/mol. The summed E-state index contributed by atoms with van der Waals surface area (Å²) in [7, 11) is 0. The second-order valence-corrected chi connectivity index (χ2v) is 6.41. The van der Waals surface area contributed by atoms with Crippen LogP contribution >= 0.6 is 0 Å². The summed E-state index contributed by atoms with van der Waals surface area (Å²) in [6.45, 7) is 4.26. The number of carbonyl (C=O) groups excluding carboxylic acids is 1. The number of carbonyl (C=O) groups is 1. The van der Waals surface area contributed by atoms with Crippen LogP contribution in [-0.2, 0) is 4.74 Å². The van der Waals surface area contributed by atoms with E-state index in [0.29, 0.717) is 5.92 Å². The van der Waals surface area contributed by atoms with Crippen molar-refractivity contribution in [2.75, 3.05) is 6.61 Å². The number of allylic oxidation sites excluding steroid dienone is 2. The fourth-order valence-electron chi connectivity index (χ4n) is 2.85. The third kappa shape index (κ3) is 4.85. The van der Waals surface area contributed by atoms with Crippen molar-refractivity contribution in [3.05, 3.63) is 55.6 Å². The van der Waals surface area contributed by atoms with E-state index in [1.54, 1.807) is 0 Å². The highest BCUT2D eigenvalue weighted by molar-refractivity contribution is 5.91. The van der Waals surface area contributed by atoms with Crippen LogP contribution in [0.4, 0.5) is 11.4 Å². The molecule has 8 nitrogen and oxygen atoms in total. The molecule has 1 aromatic rings. The average Bonchev–Trinajstić information content (AvgIpc) is 2.59. The van der Waals surface area contributed by atoms with Gasteiger partial charge in [-0.25, -0.2) is 4.79 Å². The fourth-order valence-corrected chi connectivity index (χ4v) is 2.85. The molecule has 0 aromatic heterocycles. The molecule has 0 heterocycles. The van der Waals surface area contributed by atoms with Crippen molar-refractivity contribution in [1.82, 2.24) is 0 Å². The van der Waals surface area contributed by atoms with Crippen LogP contribution in [0.3, 0.4) is 0 Å². The number of hydrogen-bond acceptors (Lipinski definition) is 6. The maximum Gasteiger partial charge on any atom is 0.338 e. The molecule has 25 heavy (non-hydrogen) atoms. The van der Waals surface area contributed by atoms with Gasteiger partial charge in [0.05, 0.1) is 28.1 Å². The van der Waals surface area contributed by atoms with Crippen molar-refractivity contribution >= 4 is 17.3 Å². The number of benzene rings is 1. The lowest BCUT2D eigenvalue weighted by Gasteiger charge is -2.26. The van der Waals surface area contributed by atoms with E-state index in [4.69, 9.17) is 4.74 Å². The molecule has 0 aliphatic heterocycles. The Labute approximate surface area is 144 Å². The third-order valence-corrected chi connectivity index (χ3v) is 4.52. The van der Waals surface area contributed by atoms with E-state index in [1.165, 1.54) is 5.57 Å². The first-order valence-electron chi connectivity index (χ1n) is 8.04. The first-order chi connectivity index (χ1) is 11.8. The van der Waals surface area contributed by atoms with Crippen LogP contribution < -0.4 is 0 Å². The SMILES string of the molecule is CC1=CC[C@@H]([C@@H](C)COC(=O)c2cc([N+](=O)[O-])cc([N+](=O)[O-])c2)CC1. The van der Waals surface area contributed by atoms with Crippen molar-refractivity contribution in [2.45, 2.75) is 33.1 Å². The monoisotopic (exact) mass is 348 g/mol. The number of nitrogens with zero attached hydrogens (tertiary/aromatic N) is 2. The van der Waals surface area contributed by atoms with Gasteiger partial charge in [-0.05, 0) is 38.0 Å². The van der Waals surface area contributed by atoms with E-state index in [-0.39, 0.29) is 18.1 Å². The lowest BCUT2D eigenvalue weighted by molar-refractivity contribution is -0.394. The molecule has 0 saturated heterocycles. The zero-order valence-electron chi connectivity index (χ0n) is 14.1. The molecule has 1 aliphatic carbocycles. The molecular formula is C17H20N2O6. The van der Waals surface area contributed by atoms with E-state index in [9.17, 15) is 25.0 Å². The number of nitro groups is 2. The summed E-state index contributed by atoms with van der Waals surface area (Å²) in [6.07, 6.45) is 5.19. The highest BCUT2D eigenvalue weighted by Gasteiger charge is 2.23. The van der Waals surface area contributed by atoms with Crippen molar-refractivity contribution in [2.24, 2.45) is 11.8 Å². The van der Waals surface area contributed by atoms with Gasteiger partial charge in [0, 0.05) is 12.1 Å². The van der Waals surface area contributed by atoms with Gasteiger partial charge in [0.15, 0.2) is 0 Å². The number of rotatable bonds is 6. The van der Waals surface area contributed by atoms with Gasteiger partial charge in [-0.15, -0.1) is 0 Å². The quantitative estimate of drug-likeness (QED) is 0.332. The standard InChI is InChI=1S/C17H20N2O6/c1-11-3-5-13(6-4-11)12(2)10-25-17(20)14-7-15(18(21)22)9-16(8-14)19(23)24/h3,7-9,12-13H,4-6,10H2,1-2H3/t12-,13+/m0/s1. The Hall–Kier alpha value is -2.77. The lowest BCUT2D eigenvalue weighted by Crippen LogP contribution is -2.21. The van der Waals surface area contributed by atoms with Crippen LogP contribution in [0.2, 0.25) is 0 Å². The van der Waals surface area contributed by atoms with Gasteiger partial charge < -0.3 is 4.74 Å². The zero-order valence-corrected chi connectivity index (χ0v) is 14.1. The lowest BCUT2D eigenvalue weighted by atomic mass is 9.82. The summed E-state index contributed by atoms with van der Waals surface area (Å²) >= 11 is 0. The maximum absolute atomic E-state index is 12.2. The molecule has 8 heteroatoms. The molecule has 1 aliphatic rings. The average molecular weight is 348 g/mol. The van der Waals surface area contributed by atoms with Gasteiger partial charge in [0.2, 0.25) is 0 Å². The molecule has 1 aromatic carbocycles. The van der Waals surface area contributed by atoms with E-state index < -0.39 is 27.2 Å². The second kappa shape index (κ2) is 7.87. The van der Waals surface area contributed by atoms with Gasteiger partial charge in [-0.3, -0.25) is 20.2 Å². The first-order valence-corrected chi connectivity index (χ1v) is 8.04. The predicted octanol–water partition coefficient (Wildman–Crippen LogP) is 4.04. The minimum absolute atomic E-state index is 0.141. The Morgan fingerprint density at radius 2 is 1.84 bits per heavy atom. The van der Waals surface area contributed by atoms with Crippen LogP contribution in [0.25, 0.3) is 0 Å². The zero-order chi connectivity index (χ0) is 18.6. The number of non-ortho nitro benzene ring substituents is 2. The van der Waals surface area contributed by atoms with Crippen molar-refractivity contribution < 1.29 is 19.4 Å². The van der Waals surface area contributed by atoms with Crippen molar-refractivity contribution in [1.29, 1.82) is 0 Å². The fraction of sp³-hybridized carbons (Fsp3) is 0.471. The first kappa shape index (κ1) is 18.6. The van der Waals surface area contributed by atoms with E-state index in [0.717, 1.165) is 37.5 Å². The van der Waals surface area contributed by atoms with Crippen LogP contribution in [0.1, 0.15) is 43.5 Å². The Morgan fingerprint density at radius 1 is 1.24 bits per heavy atom. The smallest absolute Gasteiger partial charge is 0.338 e. The molecule has 0 unspecified atom stereocenters. The number of ether oxygens (including phenoxy) is 1. The van der Waals surface area contributed by atoms with E-state index in [1.807, 2.05) is 6.92 Å². The van der Waals surface area contributed by atoms with Crippen molar-refractivity contribution in [3.63, 3.8) is 0 Å². The highest BCUT2D eigenvalue weighted by Crippen LogP contribution is 2.29. The maximum atomic E-state index is 12.2. The van der Waals surface area contributed by atoms with Crippen LogP contribution in [-0.4, -0.2) is 22.4 Å². The third-order valence-electron chi connectivity index (χ3n) is 4.52. The second-order valence-electron chi connectivity index (χ2n) is 6.41. The molecule has 134 valence electrons. The Morgan fingerprint density at radius 3 is 2.32 bits per heavy atom. The Kier molecular flexibility index (Phi) is 5.84. The highest BCUT2D eigenvalue weighted by atomic mass is 16.6. The number of esters is 1. The largest absolute Gasteiger partial charge is 0.462 e. The topological polar surface area (TPSA) is 113 Å². The van der Waals surface area contributed by atoms with Crippen LogP contribution in [0, 0.1) is 32.1 Å². The Bertz CT molecular complexity index is 696. The molecule has 0 bridgehead atoms. The van der Waals surface area contributed by atoms with E-state index >= 15 is 0 Å². The van der Waals surface area contributed by atoms with Crippen LogP contribution in [0.5, 0.6) is 0 Å². The molecule has 0 saturated carbocycles.